The van der Waals surface area contributed by atoms with E-state index in [-0.39, 0.29) is 11.8 Å². The van der Waals surface area contributed by atoms with Crippen molar-refractivity contribution in [2.75, 3.05) is 12.3 Å². The second-order valence-corrected chi connectivity index (χ2v) is 6.70. The van der Waals surface area contributed by atoms with Crippen LogP contribution in [0.25, 0.3) is 0 Å². The third kappa shape index (κ3) is 2.23. The van der Waals surface area contributed by atoms with Crippen molar-refractivity contribution in [1.29, 1.82) is 5.26 Å². The van der Waals surface area contributed by atoms with E-state index in [1.807, 2.05) is 0 Å². The van der Waals surface area contributed by atoms with Crippen molar-refractivity contribution in [2.24, 2.45) is 5.92 Å². The maximum absolute atomic E-state index is 11.9. The first-order chi connectivity index (χ1) is 7.65. The van der Waals surface area contributed by atoms with Gasteiger partial charge >= 0.3 is 0 Å². The minimum atomic E-state index is -3.33. The van der Waals surface area contributed by atoms with Crippen LogP contribution in [0.4, 0.5) is 0 Å². The second kappa shape index (κ2) is 4.72. The molecule has 1 saturated heterocycles. The molecule has 0 aromatic rings. The first-order valence-electron chi connectivity index (χ1n) is 6.01. The van der Waals surface area contributed by atoms with Crippen LogP contribution >= 0.6 is 0 Å². The molecule has 0 radical (unpaired) electrons. The summed E-state index contributed by atoms with van der Waals surface area (Å²) in [5.74, 6) is 0.173. The van der Waals surface area contributed by atoms with E-state index in [4.69, 9.17) is 5.26 Å². The molecule has 2 rings (SSSR count). The molecule has 1 heterocycles. The zero-order chi connectivity index (χ0) is 11.6. The fraction of sp³-hybridized carbons (Fsp3) is 0.909. The SMILES string of the molecule is N#CCS(=O)(=O)N1CCC[C@H]2CCCC[C@H]21. The van der Waals surface area contributed by atoms with Crippen molar-refractivity contribution in [3.05, 3.63) is 0 Å². The Labute approximate surface area is 97.3 Å². The molecule has 2 aliphatic rings. The van der Waals surface area contributed by atoms with Gasteiger partial charge < -0.3 is 0 Å². The van der Waals surface area contributed by atoms with Crippen LogP contribution in [0.3, 0.4) is 0 Å². The Balaban J connectivity index is 2.17. The van der Waals surface area contributed by atoms with Crippen molar-refractivity contribution < 1.29 is 8.42 Å². The van der Waals surface area contributed by atoms with Gasteiger partial charge in [0.15, 0.2) is 5.75 Å². The predicted octanol–water partition coefficient (Wildman–Crippen LogP) is 1.49. The van der Waals surface area contributed by atoms with Gasteiger partial charge in [-0.3, -0.25) is 0 Å². The number of hydrogen-bond acceptors (Lipinski definition) is 3. The van der Waals surface area contributed by atoms with Crippen molar-refractivity contribution in [3.63, 3.8) is 0 Å². The molecule has 0 unspecified atom stereocenters. The highest BCUT2D eigenvalue weighted by molar-refractivity contribution is 7.89. The molecule has 1 aliphatic heterocycles. The van der Waals surface area contributed by atoms with Gasteiger partial charge in [-0.05, 0) is 31.6 Å². The molecule has 16 heavy (non-hydrogen) atoms. The first kappa shape index (κ1) is 11.9. The lowest BCUT2D eigenvalue weighted by Crippen LogP contribution is -2.50. The summed E-state index contributed by atoms with van der Waals surface area (Å²) in [6.45, 7) is 0.616. The molecule has 0 spiro atoms. The largest absolute Gasteiger partial charge is 0.227 e. The van der Waals surface area contributed by atoms with Crippen LogP contribution in [-0.4, -0.2) is 31.1 Å². The highest BCUT2D eigenvalue weighted by Gasteiger charge is 2.38. The quantitative estimate of drug-likeness (QED) is 0.737. The van der Waals surface area contributed by atoms with Gasteiger partial charge in [0.25, 0.3) is 0 Å². The summed E-state index contributed by atoms with van der Waals surface area (Å²) in [4.78, 5) is 0. The molecule has 0 bridgehead atoms. The molecule has 90 valence electrons. The minimum absolute atomic E-state index is 0.181. The number of piperidine rings is 1. The Morgan fingerprint density at radius 1 is 1.19 bits per heavy atom. The standard InChI is InChI=1S/C11H18N2O2S/c12-7-9-16(14,15)13-8-3-5-10-4-1-2-6-11(10)13/h10-11H,1-6,8-9H2/t10-,11-/m1/s1. The maximum atomic E-state index is 11.9. The lowest BCUT2D eigenvalue weighted by molar-refractivity contribution is 0.129. The second-order valence-electron chi connectivity index (χ2n) is 4.78. The fourth-order valence-corrected chi connectivity index (χ4v) is 4.52. The molecular formula is C11H18N2O2S. The fourth-order valence-electron chi connectivity index (χ4n) is 3.09. The average molecular weight is 242 g/mol. The van der Waals surface area contributed by atoms with E-state index in [0.29, 0.717) is 12.5 Å². The third-order valence-corrected chi connectivity index (χ3v) is 5.46. The lowest BCUT2D eigenvalue weighted by Gasteiger charge is -2.42. The van der Waals surface area contributed by atoms with Gasteiger partial charge in [-0.2, -0.15) is 9.57 Å². The zero-order valence-corrected chi connectivity index (χ0v) is 10.2. The van der Waals surface area contributed by atoms with Crippen LogP contribution in [-0.2, 0) is 10.0 Å². The summed E-state index contributed by atoms with van der Waals surface area (Å²) in [7, 11) is -3.33. The van der Waals surface area contributed by atoms with E-state index in [1.54, 1.807) is 10.4 Å². The van der Waals surface area contributed by atoms with Crippen LogP contribution in [0.15, 0.2) is 0 Å². The molecule has 4 nitrogen and oxygen atoms in total. The van der Waals surface area contributed by atoms with Gasteiger partial charge in [-0.15, -0.1) is 0 Å². The van der Waals surface area contributed by atoms with E-state index in [1.165, 1.54) is 6.42 Å². The molecule has 0 aromatic heterocycles. The van der Waals surface area contributed by atoms with Crippen molar-refractivity contribution in [2.45, 2.75) is 44.6 Å². The van der Waals surface area contributed by atoms with E-state index in [2.05, 4.69) is 0 Å². The van der Waals surface area contributed by atoms with Crippen LogP contribution in [0.1, 0.15) is 38.5 Å². The predicted molar refractivity (Wildman–Crippen MR) is 61.1 cm³/mol. The average Bonchev–Trinajstić information content (AvgIpc) is 2.28. The number of nitrogens with zero attached hydrogens (tertiary/aromatic N) is 2. The summed E-state index contributed by atoms with van der Waals surface area (Å²) < 4.78 is 25.5. The van der Waals surface area contributed by atoms with Crippen molar-refractivity contribution >= 4 is 10.0 Å². The normalized spacial score (nSPS) is 31.7. The number of hydrogen-bond donors (Lipinski definition) is 0. The Morgan fingerprint density at radius 3 is 2.62 bits per heavy atom. The molecular weight excluding hydrogens is 224 g/mol. The van der Waals surface area contributed by atoms with Gasteiger partial charge in [0.1, 0.15) is 0 Å². The smallest absolute Gasteiger partial charge is 0.211 e. The highest BCUT2D eigenvalue weighted by Crippen LogP contribution is 2.36. The molecule has 1 aliphatic carbocycles. The minimum Gasteiger partial charge on any atom is -0.211 e. The van der Waals surface area contributed by atoms with Crippen LogP contribution in [0.2, 0.25) is 0 Å². The van der Waals surface area contributed by atoms with E-state index in [0.717, 1.165) is 32.1 Å². The Morgan fingerprint density at radius 2 is 1.88 bits per heavy atom. The number of sulfonamides is 1. The van der Waals surface area contributed by atoms with Crippen molar-refractivity contribution in [3.8, 4) is 6.07 Å². The van der Waals surface area contributed by atoms with Gasteiger partial charge in [0.2, 0.25) is 10.0 Å². The number of rotatable bonds is 2. The van der Waals surface area contributed by atoms with Crippen LogP contribution in [0.5, 0.6) is 0 Å². The molecule has 2 atom stereocenters. The summed E-state index contributed by atoms with van der Waals surface area (Å²) in [5, 5.41) is 8.57. The van der Waals surface area contributed by atoms with Gasteiger partial charge in [0, 0.05) is 12.6 Å². The molecule has 0 aromatic carbocycles. The zero-order valence-electron chi connectivity index (χ0n) is 9.43. The van der Waals surface area contributed by atoms with Crippen LogP contribution < -0.4 is 0 Å². The summed E-state index contributed by atoms with van der Waals surface area (Å²) in [6, 6.07) is 1.95. The summed E-state index contributed by atoms with van der Waals surface area (Å²) in [6.07, 6.45) is 6.60. The van der Waals surface area contributed by atoms with Gasteiger partial charge in [0.05, 0.1) is 6.07 Å². The third-order valence-electron chi connectivity index (χ3n) is 3.80. The van der Waals surface area contributed by atoms with Crippen LogP contribution in [0, 0.1) is 17.2 Å². The molecule has 5 heteroatoms. The molecule has 1 saturated carbocycles. The molecule has 0 amide bonds. The van der Waals surface area contributed by atoms with E-state index >= 15 is 0 Å². The van der Waals surface area contributed by atoms with Gasteiger partial charge in [-0.25, -0.2) is 8.42 Å². The molecule has 2 fully saturated rings. The highest BCUT2D eigenvalue weighted by atomic mass is 32.2. The van der Waals surface area contributed by atoms with E-state index in [9.17, 15) is 8.42 Å². The summed E-state index contributed by atoms with van der Waals surface area (Å²) in [5.41, 5.74) is 0. The monoisotopic (exact) mass is 242 g/mol. The van der Waals surface area contributed by atoms with Gasteiger partial charge in [-0.1, -0.05) is 12.8 Å². The Bertz CT molecular complexity index is 383. The topological polar surface area (TPSA) is 61.2 Å². The first-order valence-corrected chi connectivity index (χ1v) is 7.62. The maximum Gasteiger partial charge on any atom is 0.227 e. The Hall–Kier alpha value is -0.600. The lowest BCUT2D eigenvalue weighted by atomic mass is 9.79. The van der Waals surface area contributed by atoms with E-state index < -0.39 is 10.0 Å². The number of fused-ring (bicyclic) bond motifs is 1. The Kier molecular flexibility index (Phi) is 3.50. The molecule has 0 N–H and O–H groups in total. The summed E-state index contributed by atoms with van der Waals surface area (Å²) >= 11 is 0. The number of nitriles is 1. The van der Waals surface area contributed by atoms with Crippen molar-refractivity contribution in [1.82, 2.24) is 4.31 Å².